The minimum absolute atomic E-state index is 0.107. The van der Waals surface area contributed by atoms with Gasteiger partial charge in [0.25, 0.3) is 11.4 Å². The van der Waals surface area contributed by atoms with Gasteiger partial charge in [0, 0.05) is 37.4 Å². The van der Waals surface area contributed by atoms with Crippen molar-refractivity contribution >= 4 is 58.3 Å². The lowest BCUT2D eigenvalue weighted by molar-refractivity contribution is -0.385. The Balaban J connectivity index is 0.000000220. The fourth-order valence-electron chi connectivity index (χ4n) is 10.3. The molecule has 0 unspecified atom stereocenters. The maximum absolute atomic E-state index is 13.7. The molecule has 2 amide bonds. The Labute approximate surface area is 421 Å². The summed E-state index contributed by atoms with van der Waals surface area (Å²) in [5.41, 5.74) is -5.09. The monoisotopic (exact) mass is 1020 g/mol. The van der Waals surface area contributed by atoms with Crippen LogP contribution in [0.4, 0.5) is 11.4 Å². The van der Waals surface area contributed by atoms with Gasteiger partial charge in [-0.15, -0.1) is 23.2 Å². The highest BCUT2D eigenvalue weighted by Crippen LogP contribution is 2.61. The van der Waals surface area contributed by atoms with E-state index >= 15 is 0 Å². The van der Waals surface area contributed by atoms with Crippen LogP contribution >= 0.6 is 23.2 Å². The van der Waals surface area contributed by atoms with Gasteiger partial charge in [-0.3, -0.25) is 39.4 Å². The Morgan fingerprint density at radius 3 is 1.14 bits per heavy atom. The molecule has 0 spiro atoms. The van der Waals surface area contributed by atoms with E-state index in [4.69, 9.17) is 42.1 Å². The number of cyclic esters (lactones) is 2. The van der Waals surface area contributed by atoms with Crippen molar-refractivity contribution in [2.24, 2.45) is 22.7 Å². The van der Waals surface area contributed by atoms with Crippen LogP contribution in [0.25, 0.3) is 0 Å². The van der Waals surface area contributed by atoms with Crippen molar-refractivity contribution in [2.75, 3.05) is 19.6 Å². The number of hydrogen-bond donors (Lipinski definition) is 2. The number of halogens is 2. The largest absolute Gasteiger partial charge is 0.497 e. The first-order valence-electron chi connectivity index (χ1n) is 22.8. The van der Waals surface area contributed by atoms with Gasteiger partial charge in [-0.05, 0) is 109 Å². The van der Waals surface area contributed by atoms with Crippen LogP contribution in [0.5, 0.6) is 11.5 Å². The standard InChI is InChI=1S/2C25H28N2O7.CH2Cl2/c2*1-15(2)13-20-25(30)21(17-7-9-18(10-8-17)27(31)32)34-23(29)24(25,3)22(28)26(20)14-16-5-11-19(33-4)12-6-16;2-1-3/h2*5-12,15,20-21,30H,13-14H2,1-4H3;1H2/t2*20-,21+,24-,25-;/m10./s1. The highest BCUT2D eigenvalue weighted by molar-refractivity contribution is 6.40. The first kappa shape index (κ1) is 54.0. The summed E-state index contributed by atoms with van der Waals surface area (Å²) in [6.07, 6.45) is -1.40. The van der Waals surface area contributed by atoms with Crippen molar-refractivity contribution in [1.29, 1.82) is 0 Å². The van der Waals surface area contributed by atoms with E-state index in [1.165, 1.54) is 62.4 Å². The van der Waals surface area contributed by atoms with E-state index in [0.717, 1.165) is 11.1 Å². The molecule has 4 heterocycles. The van der Waals surface area contributed by atoms with Gasteiger partial charge in [0.2, 0.25) is 11.8 Å². The molecule has 0 saturated carbocycles. The molecule has 8 rings (SSSR count). The number of benzene rings is 4. The van der Waals surface area contributed by atoms with E-state index in [0.29, 0.717) is 35.5 Å². The third-order valence-corrected chi connectivity index (χ3v) is 14.0. The van der Waals surface area contributed by atoms with Crippen LogP contribution in [0.15, 0.2) is 97.1 Å². The second-order valence-electron chi connectivity index (χ2n) is 19.1. The van der Waals surface area contributed by atoms with Crippen molar-refractivity contribution in [2.45, 2.75) is 103 Å². The van der Waals surface area contributed by atoms with Gasteiger partial charge in [0.1, 0.15) is 11.5 Å². The molecule has 380 valence electrons. The first-order chi connectivity index (χ1) is 33.5. The van der Waals surface area contributed by atoms with Crippen molar-refractivity contribution in [3.8, 4) is 11.5 Å². The van der Waals surface area contributed by atoms with Crippen LogP contribution in [-0.2, 0) is 41.7 Å². The molecule has 0 radical (unpaired) electrons. The number of carbonyl (C=O) groups excluding carboxylic acids is 4. The molecule has 0 aliphatic carbocycles. The fourth-order valence-corrected chi connectivity index (χ4v) is 10.3. The number of ether oxygens (including phenoxy) is 4. The Bertz CT molecular complexity index is 2440. The number of hydrogen-bond acceptors (Lipinski definition) is 14. The van der Waals surface area contributed by atoms with Gasteiger partial charge in [0.05, 0.1) is 41.5 Å². The Morgan fingerprint density at radius 1 is 0.592 bits per heavy atom. The maximum atomic E-state index is 13.7. The molecule has 0 bridgehead atoms. The van der Waals surface area contributed by atoms with Gasteiger partial charge in [-0.2, -0.15) is 0 Å². The molecule has 4 aromatic carbocycles. The van der Waals surface area contributed by atoms with Crippen LogP contribution in [0.2, 0.25) is 0 Å². The number of likely N-dealkylation sites (tertiary alicyclic amines) is 2. The second-order valence-corrected chi connectivity index (χ2v) is 19.9. The molecule has 0 aromatic heterocycles. The number of nitro groups is 2. The average molecular weight is 1020 g/mol. The number of amides is 2. The van der Waals surface area contributed by atoms with Gasteiger partial charge in [-0.25, -0.2) is 0 Å². The maximum Gasteiger partial charge on any atom is 0.325 e. The molecule has 4 fully saturated rings. The van der Waals surface area contributed by atoms with Gasteiger partial charge in [-0.1, -0.05) is 52.0 Å². The van der Waals surface area contributed by atoms with Crippen molar-refractivity contribution in [3.05, 3.63) is 140 Å². The van der Waals surface area contributed by atoms with Gasteiger partial charge >= 0.3 is 11.9 Å². The van der Waals surface area contributed by atoms with Crippen molar-refractivity contribution < 1.29 is 58.2 Å². The Hall–Kier alpha value is -6.34. The van der Waals surface area contributed by atoms with Crippen LogP contribution in [0.3, 0.4) is 0 Å². The molecule has 2 N–H and O–H groups in total. The second kappa shape index (κ2) is 21.2. The molecular formula is C51H58Cl2N4O14. The van der Waals surface area contributed by atoms with E-state index in [-0.39, 0.29) is 41.6 Å². The van der Waals surface area contributed by atoms with Crippen LogP contribution in [-0.4, -0.2) is 96.5 Å². The molecule has 4 aromatic rings. The lowest BCUT2D eigenvalue weighted by atomic mass is 9.69. The molecule has 8 atom stereocenters. The lowest BCUT2D eigenvalue weighted by Crippen LogP contribution is -2.53. The number of esters is 2. The van der Waals surface area contributed by atoms with E-state index < -0.39 is 79.9 Å². The summed E-state index contributed by atoms with van der Waals surface area (Å²) in [5, 5.41) is 46.7. The van der Waals surface area contributed by atoms with E-state index in [1.807, 2.05) is 52.0 Å². The minimum Gasteiger partial charge on any atom is -0.497 e. The first-order valence-corrected chi connectivity index (χ1v) is 23.9. The van der Waals surface area contributed by atoms with E-state index in [1.54, 1.807) is 48.3 Å². The number of non-ortho nitro benzene ring substituents is 2. The highest BCUT2D eigenvalue weighted by Gasteiger charge is 2.79. The van der Waals surface area contributed by atoms with Crippen LogP contribution in [0, 0.1) is 42.9 Å². The van der Waals surface area contributed by atoms with Crippen molar-refractivity contribution in [3.63, 3.8) is 0 Å². The predicted molar refractivity (Wildman–Crippen MR) is 260 cm³/mol. The molecule has 4 saturated heterocycles. The third kappa shape index (κ3) is 9.49. The zero-order valence-corrected chi connectivity index (χ0v) is 42.1. The highest BCUT2D eigenvalue weighted by atomic mass is 35.5. The van der Waals surface area contributed by atoms with Gasteiger partial charge in [0.15, 0.2) is 34.2 Å². The molecule has 20 heteroatoms. The number of methoxy groups -OCH3 is 2. The number of aliphatic hydroxyl groups is 2. The lowest BCUT2D eigenvalue weighted by Gasteiger charge is -2.38. The predicted octanol–water partition coefficient (Wildman–Crippen LogP) is 8.21. The summed E-state index contributed by atoms with van der Waals surface area (Å²) < 4.78 is 21.6. The number of alkyl halides is 2. The van der Waals surface area contributed by atoms with Gasteiger partial charge < -0.3 is 39.0 Å². The Kier molecular flexibility index (Phi) is 16.1. The fraction of sp³-hybridized carbons (Fsp3) is 0.451. The number of nitro benzene ring substituents is 2. The quantitative estimate of drug-likeness (QED) is 0.0398. The summed E-state index contributed by atoms with van der Waals surface area (Å²) in [7, 11) is 3.14. The summed E-state index contributed by atoms with van der Waals surface area (Å²) in [4.78, 5) is 77.9. The van der Waals surface area contributed by atoms with E-state index in [9.17, 15) is 49.6 Å². The Morgan fingerprint density at radius 2 is 0.887 bits per heavy atom. The minimum atomic E-state index is -1.85. The molecule has 71 heavy (non-hydrogen) atoms. The molecule has 4 aliphatic heterocycles. The van der Waals surface area contributed by atoms with Crippen molar-refractivity contribution in [1.82, 2.24) is 9.80 Å². The van der Waals surface area contributed by atoms with Crippen LogP contribution < -0.4 is 9.47 Å². The zero-order valence-electron chi connectivity index (χ0n) is 40.6. The molecule has 4 aliphatic rings. The smallest absolute Gasteiger partial charge is 0.325 e. The summed E-state index contributed by atoms with van der Waals surface area (Å²) >= 11 is 9.53. The average Bonchev–Trinajstić information content (AvgIpc) is 3.82. The molecule has 18 nitrogen and oxygen atoms in total. The summed E-state index contributed by atoms with van der Waals surface area (Å²) in [5.74, 6) is -1.01. The topological polar surface area (TPSA) is 238 Å². The molecular weight excluding hydrogens is 963 g/mol. The number of rotatable bonds is 14. The normalized spacial score (nSPS) is 27.3. The number of carbonyl (C=O) groups is 4. The summed E-state index contributed by atoms with van der Waals surface area (Å²) in [6.45, 7) is 11.2. The number of fused-ring (bicyclic) bond motifs is 2. The zero-order chi connectivity index (χ0) is 52.4. The third-order valence-electron chi connectivity index (χ3n) is 14.0. The number of nitrogens with zero attached hydrogens (tertiary/aromatic N) is 4. The SMILES string of the molecule is COc1ccc(CN2C(=O)[C@@]3(C)C(=O)O[C@H](c4ccc([N+](=O)[O-])cc4)[C@@]3(O)[C@@H]2CC(C)C)cc1.COc1ccc(CN2C(=O)[C@]3(C)C(=O)O[C@@H](c4ccc([N+](=O)[O-])cc4)[C@]3(O)[C@H]2CC(C)C)cc1.ClCCl. The van der Waals surface area contributed by atoms with E-state index in [2.05, 4.69) is 0 Å². The van der Waals surface area contributed by atoms with Crippen LogP contribution in [0.1, 0.15) is 88.8 Å². The summed E-state index contributed by atoms with van der Waals surface area (Å²) in [6, 6.07) is 24.1.